The highest BCUT2D eigenvalue weighted by Crippen LogP contribution is 2.50. The van der Waals surface area contributed by atoms with Crippen LogP contribution in [0.2, 0.25) is 0 Å². The van der Waals surface area contributed by atoms with Gasteiger partial charge in [0, 0.05) is 24.1 Å². The number of hydrogen-bond acceptors (Lipinski definition) is 8. The smallest absolute Gasteiger partial charge is 0.315 e. The van der Waals surface area contributed by atoms with E-state index in [1.807, 2.05) is 18.2 Å². The van der Waals surface area contributed by atoms with Crippen molar-refractivity contribution < 1.29 is 14.8 Å². The van der Waals surface area contributed by atoms with Crippen LogP contribution in [0.5, 0.6) is 11.5 Å². The number of ether oxygens (including phenoxy) is 1. The highest BCUT2D eigenvalue weighted by Gasteiger charge is 2.44. The fraction of sp³-hybridized carbons (Fsp3) is 0.333. The Balaban J connectivity index is 1.85. The molecule has 1 saturated heterocycles. The molecule has 1 aromatic heterocycles. The summed E-state index contributed by atoms with van der Waals surface area (Å²) in [5.74, 6) is -0.392. The van der Waals surface area contributed by atoms with Gasteiger partial charge in [0.15, 0.2) is 10.9 Å². The molecule has 2 aliphatic rings. The molecule has 8 nitrogen and oxygen atoms in total. The van der Waals surface area contributed by atoms with Gasteiger partial charge in [-0.3, -0.25) is 20.1 Å². The molecule has 0 spiro atoms. The molecule has 2 aromatic rings. The summed E-state index contributed by atoms with van der Waals surface area (Å²) in [6, 6.07) is 8.17. The predicted octanol–water partition coefficient (Wildman–Crippen LogP) is 3.29. The number of rotatable bonds is 4. The number of phenolic OH excluding ortho intramolecular Hbond substituents is 1. The maximum absolute atomic E-state index is 11.4. The van der Waals surface area contributed by atoms with Gasteiger partial charge in [-0.15, -0.1) is 0 Å². The number of amidine groups is 1. The summed E-state index contributed by atoms with van der Waals surface area (Å²) in [6.07, 6.45) is 1.71. The van der Waals surface area contributed by atoms with E-state index >= 15 is 0 Å². The summed E-state index contributed by atoms with van der Waals surface area (Å²) in [4.78, 5) is 22.3. The molecule has 0 saturated carbocycles. The van der Waals surface area contributed by atoms with Crippen molar-refractivity contribution >= 4 is 22.6 Å². The van der Waals surface area contributed by atoms with Gasteiger partial charge in [0.25, 0.3) is 0 Å². The molecule has 1 N–H and O–H groups in total. The number of nitro groups is 1. The Morgan fingerprint density at radius 3 is 2.89 bits per heavy atom. The Labute approximate surface area is 160 Å². The maximum Gasteiger partial charge on any atom is 0.315 e. The molecular formula is C18H18N4O4S. The van der Waals surface area contributed by atoms with Gasteiger partial charge >= 0.3 is 5.69 Å². The van der Waals surface area contributed by atoms with E-state index in [1.54, 1.807) is 24.0 Å². The first kappa shape index (κ1) is 17.6. The van der Waals surface area contributed by atoms with Crippen molar-refractivity contribution in [3.63, 3.8) is 0 Å². The second kappa shape index (κ2) is 6.73. The van der Waals surface area contributed by atoms with Gasteiger partial charge in [0.2, 0.25) is 5.75 Å². The molecule has 4 rings (SSSR count). The van der Waals surface area contributed by atoms with E-state index in [9.17, 15) is 15.2 Å². The number of nitro benzene ring substituents is 1. The lowest BCUT2D eigenvalue weighted by Crippen LogP contribution is -2.28. The molecule has 0 unspecified atom stereocenters. The third-order valence-electron chi connectivity index (χ3n) is 4.72. The van der Waals surface area contributed by atoms with E-state index in [2.05, 4.69) is 16.8 Å². The number of benzene rings is 1. The Kier molecular flexibility index (Phi) is 4.39. The van der Waals surface area contributed by atoms with Crippen LogP contribution in [0.3, 0.4) is 0 Å². The molecule has 2 aliphatic heterocycles. The third-order valence-corrected chi connectivity index (χ3v) is 5.82. The van der Waals surface area contributed by atoms with Crippen molar-refractivity contribution in [3.8, 4) is 11.5 Å². The second-order valence-corrected chi connectivity index (χ2v) is 7.89. The van der Waals surface area contributed by atoms with Gasteiger partial charge in [0.05, 0.1) is 23.8 Å². The third kappa shape index (κ3) is 2.97. The normalized spacial score (nSPS) is 23.9. The Morgan fingerprint density at radius 1 is 1.41 bits per heavy atom. The van der Waals surface area contributed by atoms with Crippen molar-refractivity contribution in [2.45, 2.75) is 24.3 Å². The summed E-state index contributed by atoms with van der Waals surface area (Å²) in [5.41, 5.74) is 1.09. The van der Waals surface area contributed by atoms with Crippen LogP contribution < -0.4 is 4.74 Å². The minimum absolute atomic E-state index is 0.0762. The number of thioether (sulfide) groups is 1. The quantitative estimate of drug-likeness (QED) is 0.635. The fourth-order valence-electron chi connectivity index (χ4n) is 3.56. The first-order chi connectivity index (χ1) is 13.0. The highest BCUT2D eigenvalue weighted by molar-refractivity contribution is 8.14. The Hall–Kier alpha value is -2.81. The summed E-state index contributed by atoms with van der Waals surface area (Å²) in [7, 11) is 1.38. The zero-order chi connectivity index (χ0) is 19.1. The van der Waals surface area contributed by atoms with Crippen molar-refractivity contribution in [2.24, 2.45) is 4.99 Å². The van der Waals surface area contributed by atoms with Gasteiger partial charge < -0.3 is 14.7 Å². The standard InChI is InChI=1S/C18H18N4O4S/c1-10-9-21-16(11-7-13(22(24)25)17(23)14(8-11)26-2)15(20-18(21)27-10)12-5-3-4-6-19-12/h3-8,10,15-16,23H,9H2,1-2H3/t10-,15-,16+/m0/s1. The Bertz CT molecular complexity index is 921. The molecule has 0 amide bonds. The van der Waals surface area contributed by atoms with Crippen LogP contribution in [-0.2, 0) is 0 Å². The molecule has 9 heteroatoms. The lowest BCUT2D eigenvalue weighted by atomic mass is 9.95. The summed E-state index contributed by atoms with van der Waals surface area (Å²) in [5, 5.41) is 22.8. The lowest BCUT2D eigenvalue weighted by Gasteiger charge is -2.27. The minimum Gasteiger partial charge on any atom is -0.500 e. The first-order valence-corrected chi connectivity index (χ1v) is 9.35. The van der Waals surface area contributed by atoms with E-state index < -0.39 is 10.7 Å². The van der Waals surface area contributed by atoms with E-state index in [0.29, 0.717) is 10.8 Å². The molecule has 0 aliphatic carbocycles. The number of nitrogens with zero attached hydrogens (tertiary/aromatic N) is 4. The number of phenols is 1. The van der Waals surface area contributed by atoms with Crippen molar-refractivity contribution in [1.29, 1.82) is 0 Å². The average molecular weight is 386 g/mol. The molecule has 0 radical (unpaired) electrons. The summed E-state index contributed by atoms with van der Waals surface area (Å²) < 4.78 is 5.18. The molecule has 140 valence electrons. The maximum atomic E-state index is 11.4. The van der Waals surface area contributed by atoms with Gasteiger partial charge in [-0.1, -0.05) is 24.8 Å². The lowest BCUT2D eigenvalue weighted by molar-refractivity contribution is -0.386. The van der Waals surface area contributed by atoms with Gasteiger partial charge in [-0.05, 0) is 23.8 Å². The van der Waals surface area contributed by atoms with E-state index in [0.717, 1.165) is 17.4 Å². The number of methoxy groups -OCH3 is 1. The molecule has 0 bridgehead atoms. The van der Waals surface area contributed by atoms with Crippen LogP contribution in [0, 0.1) is 10.1 Å². The van der Waals surface area contributed by atoms with Crippen LogP contribution in [0.25, 0.3) is 0 Å². The monoisotopic (exact) mass is 386 g/mol. The molecule has 1 aromatic carbocycles. The van der Waals surface area contributed by atoms with Crippen molar-refractivity contribution in [1.82, 2.24) is 9.88 Å². The van der Waals surface area contributed by atoms with Crippen LogP contribution in [-0.4, -0.2) is 44.0 Å². The van der Waals surface area contributed by atoms with Gasteiger partial charge in [-0.25, -0.2) is 0 Å². The second-order valence-electron chi connectivity index (χ2n) is 6.48. The predicted molar refractivity (Wildman–Crippen MR) is 102 cm³/mol. The number of aromatic hydroxyl groups is 1. The fourth-order valence-corrected chi connectivity index (χ4v) is 4.65. The van der Waals surface area contributed by atoms with Gasteiger partial charge in [0.1, 0.15) is 6.04 Å². The topological polar surface area (TPSA) is 101 Å². The van der Waals surface area contributed by atoms with Crippen molar-refractivity contribution in [3.05, 3.63) is 57.9 Å². The number of hydrogen-bond donors (Lipinski definition) is 1. The molecule has 3 heterocycles. The molecule has 1 fully saturated rings. The average Bonchev–Trinajstić information content (AvgIpc) is 3.18. The number of pyridine rings is 1. The molecule has 27 heavy (non-hydrogen) atoms. The number of aliphatic imine (C=N–C) groups is 1. The van der Waals surface area contributed by atoms with Crippen LogP contribution in [0.1, 0.15) is 30.3 Å². The zero-order valence-corrected chi connectivity index (χ0v) is 15.6. The van der Waals surface area contributed by atoms with Crippen LogP contribution in [0.4, 0.5) is 5.69 Å². The Morgan fingerprint density at radius 2 is 2.22 bits per heavy atom. The van der Waals surface area contributed by atoms with Gasteiger partial charge in [-0.2, -0.15) is 0 Å². The first-order valence-electron chi connectivity index (χ1n) is 8.47. The van der Waals surface area contributed by atoms with E-state index in [-0.39, 0.29) is 23.5 Å². The van der Waals surface area contributed by atoms with E-state index in [1.165, 1.54) is 13.2 Å². The zero-order valence-electron chi connectivity index (χ0n) is 14.8. The van der Waals surface area contributed by atoms with Crippen LogP contribution in [0.15, 0.2) is 41.5 Å². The van der Waals surface area contributed by atoms with E-state index in [4.69, 9.17) is 9.73 Å². The number of fused-ring (bicyclic) bond motifs is 1. The summed E-state index contributed by atoms with van der Waals surface area (Å²) >= 11 is 1.69. The SMILES string of the molecule is COc1cc([C@@H]2[C@H](c3ccccn3)N=C3S[C@@H](C)CN32)cc([N+](=O)[O-])c1O. The largest absolute Gasteiger partial charge is 0.500 e. The summed E-state index contributed by atoms with van der Waals surface area (Å²) in [6.45, 7) is 2.91. The molecule has 3 atom stereocenters. The van der Waals surface area contributed by atoms with Crippen molar-refractivity contribution in [2.75, 3.05) is 13.7 Å². The minimum atomic E-state index is -0.602. The molecular weight excluding hydrogens is 368 g/mol. The van der Waals surface area contributed by atoms with Crippen LogP contribution >= 0.6 is 11.8 Å². The number of aromatic nitrogens is 1. The highest BCUT2D eigenvalue weighted by atomic mass is 32.2.